The van der Waals surface area contributed by atoms with E-state index in [-0.39, 0.29) is 24.3 Å². The van der Waals surface area contributed by atoms with E-state index in [1.54, 1.807) is 23.0 Å². The highest BCUT2D eigenvalue weighted by Gasteiger charge is 2.21. The predicted molar refractivity (Wildman–Crippen MR) is 151 cm³/mol. The maximum Gasteiger partial charge on any atom is 0.338 e. The molecule has 8 heteroatoms. The molecule has 0 atom stereocenters. The SMILES string of the molecule is COC(=O)c1ccccc1Cn1cnc2c1c(=O)n(CCc1ccccc1)c(=O)n2-c1ccc(C(C)C)cc1. The molecule has 0 spiro atoms. The van der Waals surface area contributed by atoms with Gasteiger partial charge in [0.1, 0.15) is 0 Å². The van der Waals surface area contributed by atoms with E-state index in [4.69, 9.17) is 4.74 Å². The van der Waals surface area contributed by atoms with Gasteiger partial charge in [0.25, 0.3) is 5.56 Å². The molecule has 5 aromatic rings. The van der Waals surface area contributed by atoms with E-state index in [0.29, 0.717) is 29.2 Å². The van der Waals surface area contributed by atoms with Gasteiger partial charge in [0.05, 0.1) is 31.2 Å². The Morgan fingerprint density at radius 3 is 2.31 bits per heavy atom. The lowest BCUT2D eigenvalue weighted by Crippen LogP contribution is -2.40. The van der Waals surface area contributed by atoms with Crippen LogP contribution in [0.25, 0.3) is 16.9 Å². The van der Waals surface area contributed by atoms with Gasteiger partial charge in [-0.15, -0.1) is 0 Å². The van der Waals surface area contributed by atoms with Crippen LogP contribution >= 0.6 is 0 Å². The number of benzene rings is 3. The van der Waals surface area contributed by atoms with Crippen LogP contribution in [0.2, 0.25) is 0 Å². The number of carbonyl (C=O) groups is 1. The van der Waals surface area contributed by atoms with Gasteiger partial charge in [-0.1, -0.05) is 74.5 Å². The first kappa shape index (κ1) is 25.9. The van der Waals surface area contributed by atoms with Gasteiger partial charge in [0.2, 0.25) is 0 Å². The molecule has 0 saturated carbocycles. The van der Waals surface area contributed by atoms with Crippen LogP contribution in [-0.2, 0) is 24.2 Å². The van der Waals surface area contributed by atoms with Gasteiger partial charge in [0, 0.05) is 6.54 Å². The van der Waals surface area contributed by atoms with Crippen molar-refractivity contribution in [2.24, 2.45) is 0 Å². The minimum Gasteiger partial charge on any atom is -0.465 e. The van der Waals surface area contributed by atoms with Crippen LogP contribution < -0.4 is 11.2 Å². The molecule has 198 valence electrons. The summed E-state index contributed by atoms with van der Waals surface area (Å²) in [6, 6.07) is 24.6. The Hall–Kier alpha value is -4.72. The molecule has 39 heavy (non-hydrogen) atoms. The van der Waals surface area contributed by atoms with Crippen molar-refractivity contribution in [3.05, 3.63) is 128 Å². The molecule has 5 rings (SSSR count). The average molecular weight is 523 g/mol. The molecule has 0 amide bonds. The predicted octanol–water partition coefficient (Wildman–Crippen LogP) is 4.55. The second-order valence-electron chi connectivity index (χ2n) is 9.75. The molecule has 2 heterocycles. The topological polar surface area (TPSA) is 88.1 Å². The summed E-state index contributed by atoms with van der Waals surface area (Å²) in [7, 11) is 1.33. The molecule has 0 radical (unpaired) electrons. The zero-order valence-corrected chi connectivity index (χ0v) is 22.2. The van der Waals surface area contributed by atoms with Gasteiger partial charge in [-0.25, -0.2) is 19.1 Å². The maximum atomic E-state index is 13.8. The highest BCUT2D eigenvalue weighted by Crippen LogP contribution is 2.20. The third-order valence-corrected chi connectivity index (χ3v) is 6.95. The number of aromatic nitrogens is 4. The van der Waals surface area contributed by atoms with Crippen molar-refractivity contribution in [1.29, 1.82) is 0 Å². The molecule has 8 nitrogen and oxygen atoms in total. The highest BCUT2D eigenvalue weighted by molar-refractivity contribution is 5.91. The number of methoxy groups -OCH3 is 1. The molecule has 0 aliphatic heterocycles. The van der Waals surface area contributed by atoms with Crippen LogP contribution in [-0.4, -0.2) is 31.8 Å². The zero-order valence-electron chi connectivity index (χ0n) is 22.2. The number of imidazole rings is 1. The number of carbonyl (C=O) groups excluding carboxylic acids is 1. The van der Waals surface area contributed by atoms with E-state index in [0.717, 1.165) is 11.1 Å². The van der Waals surface area contributed by atoms with Crippen LogP contribution in [0.5, 0.6) is 0 Å². The molecule has 3 aromatic carbocycles. The van der Waals surface area contributed by atoms with Crippen molar-refractivity contribution in [3.8, 4) is 5.69 Å². The smallest absolute Gasteiger partial charge is 0.338 e. The molecular formula is C31H30N4O4. The average Bonchev–Trinajstić information content (AvgIpc) is 3.37. The zero-order chi connectivity index (χ0) is 27.5. The monoisotopic (exact) mass is 522 g/mol. The molecular weight excluding hydrogens is 492 g/mol. The molecule has 0 N–H and O–H groups in total. The lowest BCUT2D eigenvalue weighted by molar-refractivity contribution is 0.0599. The fourth-order valence-corrected chi connectivity index (χ4v) is 4.77. The number of hydrogen-bond donors (Lipinski definition) is 0. The molecule has 2 aromatic heterocycles. The van der Waals surface area contributed by atoms with Gasteiger partial charge in [-0.05, 0) is 47.2 Å². The van der Waals surface area contributed by atoms with Crippen molar-refractivity contribution >= 4 is 17.1 Å². The Morgan fingerprint density at radius 1 is 0.923 bits per heavy atom. The fraction of sp³-hybridized carbons (Fsp3) is 0.226. The van der Waals surface area contributed by atoms with E-state index in [2.05, 4.69) is 18.8 Å². The third kappa shape index (κ3) is 5.05. The van der Waals surface area contributed by atoms with Crippen molar-refractivity contribution in [2.75, 3.05) is 7.11 Å². The maximum absolute atomic E-state index is 13.8. The van der Waals surface area contributed by atoms with Crippen molar-refractivity contribution < 1.29 is 9.53 Å². The second kappa shape index (κ2) is 10.9. The van der Waals surface area contributed by atoms with Gasteiger partial charge in [-0.2, -0.15) is 0 Å². The molecule has 0 bridgehead atoms. The number of esters is 1. The number of hydrogen-bond acceptors (Lipinski definition) is 5. The summed E-state index contributed by atoms with van der Waals surface area (Å²) in [5, 5.41) is 0. The second-order valence-corrected chi connectivity index (χ2v) is 9.75. The summed E-state index contributed by atoms with van der Waals surface area (Å²) >= 11 is 0. The van der Waals surface area contributed by atoms with Crippen LogP contribution in [0.3, 0.4) is 0 Å². The lowest BCUT2D eigenvalue weighted by Gasteiger charge is -2.14. The first-order valence-electron chi connectivity index (χ1n) is 12.9. The molecule has 0 saturated heterocycles. The molecule has 0 aliphatic carbocycles. The summed E-state index contributed by atoms with van der Waals surface area (Å²) in [5.74, 6) is -0.123. The number of ether oxygens (including phenoxy) is 1. The highest BCUT2D eigenvalue weighted by atomic mass is 16.5. The largest absolute Gasteiger partial charge is 0.465 e. The summed E-state index contributed by atoms with van der Waals surface area (Å²) in [5.41, 5.74) is 3.58. The minimum absolute atomic E-state index is 0.209. The summed E-state index contributed by atoms with van der Waals surface area (Å²) < 4.78 is 9.40. The Morgan fingerprint density at radius 2 is 1.62 bits per heavy atom. The number of aryl methyl sites for hydroxylation is 1. The van der Waals surface area contributed by atoms with Crippen LogP contribution in [0.4, 0.5) is 0 Å². The van der Waals surface area contributed by atoms with Crippen LogP contribution in [0.15, 0.2) is 94.8 Å². The van der Waals surface area contributed by atoms with Crippen molar-refractivity contribution in [2.45, 2.75) is 39.3 Å². The lowest BCUT2D eigenvalue weighted by atomic mass is 10.0. The van der Waals surface area contributed by atoms with Crippen LogP contribution in [0.1, 0.15) is 46.8 Å². The first-order valence-corrected chi connectivity index (χ1v) is 12.9. The Kier molecular flexibility index (Phi) is 7.27. The van der Waals surface area contributed by atoms with Gasteiger partial charge < -0.3 is 9.30 Å². The Bertz CT molecular complexity index is 1750. The van der Waals surface area contributed by atoms with E-state index >= 15 is 0 Å². The first-order chi connectivity index (χ1) is 18.9. The van der Waals surface area contributed by atoms with E-state index in [1.807, 2.05) is 66.7 Å². The van der Waals surface area contributed by atoms with E-state index in [9.17, 15) is 14.4 Å². The molecule has 0 unspecified atom stereocenters. The number of fused-ring (bicyclic) bond motifs is 1. The third-order valence-electron chi connectivity index (χ3n) is 6.95. The summed E-state index contributed by atoms with van der Waals surface area (Å²) in [6.45, 7) is 4.64. The number of rotatable bonds is 8. The quantitative estimate of drug-likeness (QED) is 0.279. The van der Waals surface area contributed by atoms with Crippen LogP contribution in [0, 0.1) is 0 Å². The number of nitrogens with zero attached hydrogens (tertiary/aromatic N) is 4. The molecule has 0 fully saturated rings. The Balaban J connectivity index is 1.68. The van der Waals surface area contributed by atoms with Gasteiger partial charge in [0.15, 0.2) is 11.2 Å². The van der Waals surface area contributed by atoms with E-state index in [1.165, 1.54) is 16.2 Å². The minimum atomic E-state index is -0.461. The standard InChI is InChI=1S/C31H30N4O4/c1-21(2)23-13-15-25(16-14-23)35-28-27(29(36)34(31(35)38)18-17-22-9-5-4-6-10-22)33(20-32-28)19-24-11-7-8-12-26(24)30(37)39-3/h4-16,20-21H,17-19H2,1-3H3. The summed E-state index contributed by atoms with van der Waals surface area (Å²) in [4.78, 5) is 44.5. The van der Waals surface area contributed by atoms with Gasteiger partial charge >= 0.3 is 11.7 Å². The summed E-state index contributed by atoms with van der Waals surface area (Å²) in [6.07, 6.45) is 2.06. The normalized spacial score (nSPS) is 11.3. The van der Waals surface area contributed by atoms with Crippen molar-refractivity contribution in [3.63, 3.8) is 0 Å². The van der Waals surface area contributed by atoms with E-state index < -0.39 is 17.2 Å². The fourth-order valence-electron chi connectivity index (χ4n) is 4.77. The Labute approximate surface area is 225 Å². The van der Waals surface area contributed by atoms with Crippen molar-refractivity contribution in [1.82, 2.24) is 18.7 Å². The molecule has 0 aliphatic rings. The van der Waals surface area contributed by atoms with Gasteiger partial charge in [-0.3, -0.25) is 9.36 Å².